The van der Waals surface area contributed by atoms with Crippen LogP contribution >= 0.6 is 0 Å². The first-order chi connectivity index (χ1) is 15.6. The summed E-state index contributed by atoms with van der Waals surface area (Å²) in [5.74, 6) is 3.14. The van der Waals surface area contributed by atoms with Crippen LogP contribution in [0.15, 0.2) is 60.8 Å². The number of carbonyl (C=O) groups is 1. The second kappa shape index (κ2) is 10.3. The molecule has 164 valence electrons. The third kappa shape index (κ3) is 5.25. The Hall–Kier alpha value is -3.40. The number of hydrogen-bond donors (Lipinski definition) is 0. The van der Waals surface area contributed by atoms with Gasteiger partial charge in [0.05, 0.1) is 6.54 Å². The lowest BCUT2D eigenvalue weighted by Gasteiger charge is -2.34. The van der Waals surface area contributed by atoms with Gasteiger partial charge in [-0.1, -0.05) is 48.4 Å². The smallest absolute Gasteiger partial charge is 0.408 e. The van der Waals surface area contributed by atoms with Gasteiger partial charge in [-0.3, -0.25) is 14.8 Å². The number of carbonyl (C=O) groups excluding carboxylic acids is 1. The van der Waals surface area contributed by atoms with E-state index in [9.17, 15) is 4.79 Å². The van der Waals surface area contributed by atoms with Crippen molar-refractivity contribution in [3.8, 4) is 18.1 Å². The summed E-state index contributed by atoms with van der Waals surface area (Å²) in [6.45, 7) is 5.09. The van der Waals surface area contributed by atoms with Gasteiger partial charge >= 0.3 is 6.09 Å². The highest BCUT2D eigenvalue weighted by Gasteiger charge is 2.23. The molecule has 2 aromatic carbocycles. The van der Waals surface area contributed by atoms with Gasteiger partial charge in [-0.25, -0.2) is 4.79 Å². The molecule has 1 aromatic heterocycles. The van der Waals surface area contributed by atoms with Crippen molar-refractivity contribution in [1.82, 2.24) is 19.7 Å². The van der Waals surface area contributed by atoms with Crippen LogP contribution in [-0.4, -0.2) is 65.5 Å². The number of pyridine rings is 1. The first kappa shape index (κ1) is 21.8. The lowest BCUT2D eigenvalue weighted by molar-refractivity contribution is 0.108. The number of terminal acetylenes is 1. The Morgan fingerprint density at radius 2 is 1.88 bits per heavy atom. The van der Waals surface area contributed by atoms with E-state index in [1.807, 2.05) is 37.4 Å². The molecule has 1 amide bonds. The van der Waals surface area contributed by atoms with E-state index < -0.39 is 0 Å². The van der Waals surface area contributed by atoms with Crippen LogP contribution < -0.4 is 4.74 Å². The Morgan fingerprint density at radius 1 is 1.09 bits per heavy atom. The fourth-order valence-electron chi connectivity index (χ4n) is 4.02. The molecule has 6 nitrogen and oxygen atoms in total. The first-order valence-corrected chi connectivity index (χ1v) is 10.9. The zero-order valence-electron chi connectivity index (χ0n) is 18.4. The molecule has 1 fully saturated rings. The highest BCUT2D eigenvalue weighted by Crippen LogP contribution is 2.28. The fourth-order valence-corrected chi connectivity index (χ4v) is 4.02. The van der Waals surface area contributed by atoms with Crippen LogP contribution in [0.1, 0.15) is 11.1 Å². The number of aromatic nitrogens is 1. The molecule has 0 radical (unpaired) electrons. The maximum Gasteiger partial charge on any atom is 0.415 e. The molecular weight excluding hydrogens is 400 g/mol. The number of piperazine rings is 1. The van der Waals surface area contributed by atoms with Crippen LogP contribution in [0, 0.1) is 12.3 Å². The van der Waals surface area contributed by atoms with E-state index in [1.165, 1.54) is 5.56 Å². The van der Waals surface area contributed by atoms with E-state index in [0.717, 1.165) is 30.6 Å². The fraction of sp³-hybridized carbons (Fsp3) is 0.308. The molecular formula is C26H28N4O2. The Balaban J connectivity index is 1.40. The van der Waals surface area contributed by atoms with Crippen molar-refractivity contribution in [2.45, 2.75) is 13.1 Å². The van der Waals surface area contributed by atoms with Gasteiger partial charge < -0.3 is 9.64 Å². The molecule has 0 bridgehead atoms. The molecule has 0 unspecified atom stereocenters. The summed E-state index contributed by atoms with van der Waals surface area (Å²) >= 11 is 0. The van der Waals surface area contributed by atoms with Crippen molar-refractivity contribution >= 4 is 17.0 Å². The number of rotatable bonds is 6. The van der Waals surface area contributed by atoms with E-state index in [0.29, 0.717) is 37.4 Å². The maximum absolute atomic E-state index is 12.9. The summed E-state index contributed by atoms with van der Waals surface area (Å²) < 4.78 is 5.79. The highest BCUT2D eigenvalue weighted by atomic mass is 16.6. The minimum atomic E-state index is -0.325. The Kier molecular flexibility index (Phi) is 7.00. The van der Waals surface area contributed by atoms with Crippen molar-refractivity contribution in [2.24, 2.45) is 0 Å². The number of hydrogen-bond acceptors (Lipinski definition) is 5. The molecule has 6 heteroatoms. The number of nitrogens with zero attached hydrogens (tertiary/aromatic N) is 4. The lowest BCUT2D eigenvalue weighted by atomic mass is 10.1. The van der Waals surface area contributed by atoms with Crippen LogP contribution in [-0.2, 0) is 13.1 Å². The molecule has 3 aromatic rings. The SMILES string of the molecule is C#CCN(C)Cc1ccc(OC(=O)N2CCN(Cc3ccccc3)CC2)c2ncccc12. The molecule has 4 rings (SSSR count). The second-order valence-corrected chi connectivity index (χ2v) is 8.12. The molecule has 1 saturated heterocycles. The summed E-state index contributed by atoms with van der Waals surface area (Å²) in [7, 11) is 1.98. The van der Waals surface area contributed by atoms with E-state index in [2.05, 4.69) is 45.0 Å². The molecule has 0 saturated carbocycles. The first-order valence-electron chi connectivity index (χ1n) is 10.9. The average Bonchev–Trinajstić information content (AvgIpc) is 2.82. The predicted octanol–water partition coefficient (Wildman–Crippen LogP) is 3.62. The summed E-state index contributed by atoms with van der Waals surface area (Å²) in [4.78, 5) is 23.5. The van der Waals surface area contributed by atoms with Crippen LogP contribution in [0.2, 0.25) is 0 Å². The van der Waals surface area contributed by atoms with Gasteiger partial charge in [-0.05, 0) is 30.3 Å². The van der Waals surface area contributed by atoms with E-state index in [-0.39, 0.29) is 6.09 Å². The summed E-state index contributed by atoms with van der Waals surface area (Å²) in [6.07, 6.45) is 6.82. The van der Waals surface area contributed by atoms with Gasteiger partial charge in [0.1, 0.15) is 5.52 Å². The highest BCUT2D eigenvalue weighted by molar-refractivity contribution is 5.89. The maximum atomic E-state index is 12.9. The molecule has 32 heavy (non-hydrogen) atoms. The molecule has 0 atom stereocenters. The summed E-state index contributed by atoms with van der Waals surface area (Å²) in [5.41, 5.74) is 3.07. The standard InChI is InChI=1S/C26H28N4O2/c1-3-14-28(2)20-22-11-12-24(25-23(22)10-7-13-27-25)32-26(31)30-17-15-29(16-18-30)19-21-8-5-4-6-9-21/h1,4-13H,14-20H2,2H3. The lowest BCUT2D eigenvalue weighted by Crippen LogP contribution is -2.49. The van der Waals surface area contributed by atoms with Crippen molar-refractivity contribution in [3.05, 3.63) is 71.9 Å². The summed E-state index contributed by atoms with van der Waals surface area (Å²) in [5, 5.41) is 0.967. The number of fused-ring (bicyclic) bond motifs is 1. The molecule has 2 heterocycles. The Morgan fingerprint density at radius 3 is 2.62 bits per heavy atom. The second-order valence-electron chi connectivity index (χ2n) is 8.12. The average molecular weight is 429 g/mol. The third-order valence-corrected chi connectivity index (χ3v) is 5.70. The quantitative estimate of drug-likeness (QED) is 0.562. The largest absolute Gasteiger partial charge is 0.415 e. The van der Waals surface area contributed by atoms with Gasteiger partial charge in [-0.15, -0.1) is 6.42 Å². The van der Waals surface area contributed by atoms with Crippen molar-refractivity contribution in [3.63, 3.8) is 0 Å². The van der Waals surface area contributed by atoms with Crippen LogP contribution in [0.4, 0.5) is 4.79 Å². The van der Waals surface area contributed by atoms with Gasteiger partial charge in [0, 0.05) is 50.9 Å². The molecule has 0 N–H and O–H groups in total. The number of amides is 1. The van der Waals surface area contributed by atoms with Gasteiger partial charge in [0.2, 0.25) is 0 Å². The van der Waals surface area contributed by atoms with Crippen LogP contribution in [0.3, 0.4) is 0 Å². The molecule has 0 spiro atoms. The van der Waals surface area contributed by atoms with Crippen LogP contribution in [0.5, 0.6) is 5.75 Å². The molecule has 1 aliphatic heterocycles. The normalized spacial score (nSPS) is 14.5. The van der Waals surface area contributed by atoms with Gasteiger partial charge in [0.15, 0.2) is 5.75 Å². The van der Waals surface area contributed by atoms with Gasteiger partial charge in [-0.2, -0.15) is 0 Å². The summed E-state index contributed by atoms with van der Waals surface area (Å²) in [6, 6.07) is 18.1. The predicted molar refractivity (Wildman–Crippen MR) is 126 cm³/mol. The minimum absolute atomic E-state index is 0.325. The van der Waals surface area contributed by atoms with Crippen molar-refractivity contribution < 1.29 is 9.53 Å². The van der Waals surface area contributed by atoms with Crippen LogP contribution in [0.25, 0.3) is 10.9 Å². The van der Waals surface area contributed by atoms with Crippen molar-refractivity contribution in [1.29, 1.82) is 0 Å². The number of ether oxygens (including phenoxy) is 1. The molecule has 1 aliphatic rings. The van der Waals surface area contributed by atoms with E-state index in [4.69, 9.17) is 11.2 Å². The topological polar surface area (TPSA) is 48.9 Å². The van der Waals surface area contributed by atoms with Gasteiger partial charge in [0.25, 0.3) is 0 Å². The zero-order valence-corrected chi connectivity index (χ0v) is 18.4. The minimum Gasteiger partial charge on any atom is -0.408 e. The van der Waals surface area contributed by atoms with E-state index in [1.54, 1.807) is 11.1 Å². The third-order valence-electron chi connectivity index (χ3n) is 5.70. The van der Waals surface area contributed by atoms with E-state index >= 15 is 0 Å². The molecule has 0 aliphatic carbocycles. The Labute approximate surface area is 189 Å². The monoisotopic (exact) mass is 428 g/mol. The zero-order chi connectivity index (χ0) is 22.3. The number of benzene rings is 2. The van der Waals surface area contributed by atoms with Crippen molar-refractivity contribution in [2.75, 3.05) is 39.8 Å². The Bertz CT molecular complexity index is 1100.